The summed E-state index contributed by atoms with van der Waals surface area (Å²) in [5.41, 5.74) is 2.98. The standard InChI is InChI=1S/C16H25NO2S/c1-16(2,11-20)10-17-6-5-12-7-14(18-3)15(19-4)8-13(12)9-17/h7-8,20H,5-6,9-11H2,1-4H3. The molecular weight excluding hydrogens is 270 g/mol. The summed E-state index contributed by atoms with van der Waals surface area (Å²) in [5, 5.41) is 0. The molecule has 1 aromatic rings. The number of nitrogens with zero attached hydrogens (tertiary/aromatic N) is 1. The number of fused-ring (bicyclic) bond motifs is 1. The second-order valence-electron chi connectivity index (χ2n) is 6.26. The highest BCUT2D eigenvalue weighted by atomic mass is 32.1. The van der Waals surface area contributed by atoms with Crippen molar-refractivity contribution in [3.8, 4) is 11.5 Å². The first-order valence-electron chi connectivity index (χ1n) is 7.06. The van der Waals surface area contributed by atoms with E-state index in [2.05, 4.69) is 43.5 Å². The molecule has 0 fully saturated rings. The first kappa shape index (κ1) is 15.5. The highest BCUT2D eigenvalue weighted by Crippen LogP contribution is 2.34. The Morgan fingerprint density at radius 1 is 1.15 bits per heavy atom. The predicted octanol–water partition coefficient (Wildman–Crippen LogP) is 3.02. The summed E-state index contributed by atoms with van der Waals surface area (Å²) in [4.78, 5) is 2.50. The van der Waals surface area contributed by atoms with Gasteiger partial charge in [0.15, 0.2) is 11.5 Å². The Labute approximate surface area is 127 Å². The molecule has 0 aliphatic carbocycles. The van der Waals surface area contributed by atoms with Gasteiger partial charge in [-0.3, -0.25) is 4.90 Å². The molecule has 0 radical (unpaired) electrons. The molecule has 1 aliphatic rings. The second kappa shape index (κ2) is 6.27. The van der Waals surface area contributed by atoms with Crippen molar-refractivity contribution in [1.82, 2.24) is 4.90 Å². The Kier molecular flexibility index (Phi) is 4.86. The van der Waals surface area contributed by atoms with Crippen molar-refractivity contribution in [3.63, 3.8) is 0 Å². The fourth-order valence-electron chi connectivity index (χ4n) is 2.73. The molecule has 1 heterocycles. The smallest absolute Gasteiger partial charge is 0.161 e. The van der Waals surface area contributed by atoms with Gasteiger partial charge in [0, 0.05) is 19.6 Å². The lowest BCUT2D eigenvalue weighted by atomic mass is 9.92. The first-order chi connectivity index (χ1) is 9.49. The maximum Gasteiger partial charge on any atom is 0.161 e. The zero-order valence-corrected chi connectivity index (χ0v) is 13.8. The average molecular weight is 295 g/mol. The van der Waals surface area contributed by atoms with Gasteiger partial charge in [-0.25, -0.2) is 0 Å². The molecule has 0 saturated carbocycles. The SMILES string of the molecule is COc1cc2c(cc1OC)CN(CC(C)(C)CS)CC2. The van der Waals surface area contributed by atoms with Crippen LogP contribution in [0, 0.1) is 5.41 Å². The highest BCUT2D eigenvalue weighted by molar-refractivity contribution is 7.80. The number of methoxy groups -OCH3 is 2. The lowest BCUT2D eigenvalue weighted by molar-refractivity contribution is 0.179. The zero-order valence-electron chi connectivity index (χ0n) is 12.9. The van der Waals surface area contributed by atoms with Gasteiger partial charge in [-0.1, -0.05) is 13.8 Å². The molecule has 0 aromatic heterocycles. The van der Waals surface area contributed by atoms with Crippen LogP contribution in [0.4, 0.5) is 0 Å². The monoisotopic (exact) mass is 295 g/mol. The van der Waals surface area contributed by atoms with Crippen LogP contribution in [0.15, 0.2) is 12.1 Å². The van der Waals surface area contributed by atoms with Crippen molar-refractivity contribution >= 4 is 12.6 Å². The van der Waals surface area contributed by atoms with Gasteiger partial charge in [-0.15, -0.1) is 0 Å². The van der Waals surface area contributed by atoms with E-state index in [0.29, 0.717) is 0 Å². The van der Waals surface area contributed by atoms with E-state index in [1.165, 1.54) is 11.1 Å². The van der Waals surface area contributed by atoms with E-state index < -0.39 is 0 Å². The van der Waals surface area contributed by atoms with E-state index in [4.69, 9.17) is 9.47 Å². The van der Waals surface area contributed by atoms with E-state index in [1.807, 2.05) is 0 Å². The summed E-state index contributed by atoms with van der Waals surface area (Å²) >= 11 is 4.45. The second-order valence-corrected chi connectivity index (χ2v) is 6.58. The van der Waals surface area contributed by atoms with Crippen LogP contribution in [0.3, 0.4) is 0 Å². The van der Waals surface area contributed by atoms with Crippen LogP contribution < -0.4 is 9.47 Å². The Morgan fingerprint density at radius 2 is 1.75 bits per heavy atom. The predicted molar refractivity (Wildman–Crippen MR) is 86.2 cm³/mol. The maximum atomic E-state index is 5.40. The number of benzene rings is 1. The molecule has 2 rings (SSSR count). The number of thiol groups is 1. The molecule has 1 aliphatic heterocycles. The largest absolute Gasteiger partial charge is 0.493 e. The summed E-state index contributed by atoms with van der Waals surface area (Å²) < 4.78 is 10.8. The van der Waals surface area contributed by atoms with Crippen molar-refractivity contribution in [2.45, 2.75) is 26.8 Å². The van der Waals surface area contributed by atoms with Crippen molar-refractivity contribution in [1.29, 1.82) is 0 Å². The molecule has 0 bridgehead atoms. The van der Waals surface area contributed by atoms with Crippen LogP contribution in [0.5, 0.6) is 11.5 Å². The molecule has 0 saturated heterocycles. The Morgan fingerprint density at radius 3 is 2.30 bits per heavy atom. The van der Waals surface area contributed by atoms with Crippen molar-refractivity contribution in [2.24, 2.45) is 5.41 Å². The number of hydrogen-bond donors (Lipinski definition) is 1. The minimum absolute atomic E-state index is 0.247. The molecule has 112 valence electrons. The van der Waals surface area contributed by atoms with Gasteiger partial charge in [0.05, 0.1) is 14.2 Å². The van der Waals surface area contributed by atoms with Gasteiger partial charge in [0.2, 0.25) is 0 Å². The normalized spacial score (nSPS) is 15.8. The summed E-state index contributed by atoms with van der Waals surface area (Å²) in [5.74, 6) is 2.55. The lowest BCUT2D eigenvalue weighted by Gasteiger charge is -2.35. The average Bonchev–Trinajstić information content (AvgIpc) is 2.45. The topological polar surface area (TPSA) is 21.7 Å². The summed E-state index contributed by atoms with van der Waals surface area (Å²) in [6.45, 7) is 7.69. The molecule has 0 spiro atoms. The van der Waals surface area contributed by atoms with E-state index >= 15 is 0 Å². The van der Waals surface area contributed by atoms with Crippen LogP contribution in [0.1, 0.15) is 25.0 Å². The fourth-order valence-corrected chi connectivity index (χ4v) is 2.83. The maximum absolute atomic E-state index is 5.40. The molecule has 0 atom stereocenters. The fraction of sp³-hybridized carbons (Fsp3) is 0.625. The number of hydrogen-bond acceptors (Lipinski definition) is 4. The summed E-state index contributed by atoms with van der Waals surface area (Å²) in [7, 11) is 3.38. The van der Waals surface area contributed by atoms with Gasteiger partial charge in [0.1, 0.15) is 0 Å². The van der Waals surface area contributed by atoms with Crippen LogP contribution in [-0.4, -0.2) is 38.0 Å². The van der Waals surface area contributed by atoms with Crippen LogP contribution >= 0.6 is 12.6 Å². The third-order valence-corrected chi connectivity index (χ3v) is 4.73. The van der Waals surface area contributed by atoms with Gasteiger partial charge in [-0.05, 0) is 40.8 Å². The molecule has 3 nitrogen and oxygen atoms in total. The van der Waals surface area contributed by atoms with E-state index in [1.54, 1.807) is 14.2 Å². The molecular formula is C16H25NO2S. The number of ether oxygens (including phenoxy) is 2. The Bertz CT molecular complexity index is 474. The van der Waals surface area contributed by atoms with Crippen LogP contribution in [-0.2, 0) is 13.0 Å². The number of rotatable bonds is 5. The van der Waals surface area contributed by atoms with Crippen LogP contribution in [0.25, 0.3) is 0 Å². The molecule has 0 N–H and O–H groups in total. The Balaban J connectivity index is 2.17. The minimum Gasteiger partial charge on any atom is -0.493 e. The molecule has 0 unspecified atom stereocenters. The van der Waals surface area contributed by atoms with Gasteiger partial charge in [0.25, 0.3) is 0 Å². The van der Waals surface area contributed by atoms with E-state index in [-0.39, 0.29) is 5.41 Å². The highest BCUT2D eigenvalue weighted by Gasteiger charge is 2.24. The lowest BCUT2D eigenvalue weighted by Crippen LogP contribution is -2.38. The van der Waals surface area contributed by atoms with Gasteiger partial charge in [-0.2, -0.15) is 12.6 Å². The van der Waals surface area contributed by atoms with Gasteiger partial charge >= 0.3 is 0 Å². The van der Waals surface area contributed by atoms with Crippen LogP contribution in [0.2, 0.25) is 0 Å². The summed E-state index contributed by atoms with van der Waals surface area (Å²) in [6, 6.07) is 4.24. The minimum atomic E-state index is 0.247. The third-order valence-electron chi connectivity index (χ3n) is 3.88. The molecule has 20 heavy (non-hydrogen) atoms. The zero-order chi connectivity index (χ0) is 14.8. The van der Waals surface area contributed by atoms with E-state index in [0.717, 1.165) is 43.3 Å². The van der Waals surface area contributed by atoms with Gasteiger partial charge < -0.3 is 9.47 Å². The first-order valence-corrected chi connectivity index (χ1v) is 7.69. The quantitative estimate of drug-likeness (QED) is 0.844. The van der Waals surface area contributed by atoms with Crippen molar-refractivity contribution < 1.29 is 9.47 Å². The molecule has 1 aromatic carbocycles. The molecule has 0 amide bonds. The van der Waals surface area contributed by atoms with Crippen molar-refractivity contribution in [2.75, 3.05) is 33.1 Å². The van der Waals surface area contributed by atoms with Crippen molar-refractivity contribution in [3.05, 3.63) is 23.3 Å². The van der Waals surface area contributed by atoms with E-state index in [9.17, 15) is 0 Å². The molecule has 4 heteroatoms. The summed E-state index contributed by atoms with van der Waals surface area (Å²) in [6.07, 6.45) is 1.07. The third kappa shape index (κ3) is 3.41. The Hall–Kier alpha value is -0.870.